The standard InChI is InChI=1S/C8H5F4NO.C8H7F3.CO2.2CH4.H2O4S/c9-7(14)13-6-3-1-5(2-4-6)8(10,11)12;1-6-2-4-7(5-3-6)8(9,10)11;2-1-3;;;1-4-5(2)3/h1-4H,(H,13,14);2-5H,1H3;;2*1H4;1H,(H,2,3). The minimum absolute atomic E-state index is 0. The lowest BCUT2D eigenvalue weighted by atomic mass is 10.1. The maximum Gasteiger partial charge on any atom is 0.416 e. The van der Waals surface area contributed by atoms with E-state index in [0.29, 0.717) is 0 Å². The number of rotatable bonds is 2. The number of carbonyl (C=O) groups excluding carboxylic acids is 3. The van der Waals surface area contributed by atoms with Crippen molar-refractivity contribution in [2.45, 2.75) is 34.1 Å². The summed E-state index contributed by atoms with van der Waals surface area (Å²) in [5.74, 6) is 0. The number of hydrogen-bond acceptors (Lipinski definition) is 6. The van der Waals surface area contributed by atoms with Crippen LogP contribution in [0.2, 0.25) is 0 Å². The van der Waals surface area contributed by atoms with Crippen molar-refractivity contribution >= 4 is 29.4 Å². The van der Waals surface area contributed by atoms with Crippen LogP contribution >= 0.6 is 0 Å². The normalized spacial score (nSPS) is 10.5. The molecule has 2 aromatic carbocycles. The van der Waals surface area contributed by atoms with Crippen molar-refractivity contribution in [2.75, 3.05) is 5.32 Å². The van der Waals surface area contributed by atoms with E-state index in [9.17, 15) is 35.5 Å². The molecule has 0 aliphatic rings. The molecule has 200 valence electrons. The van der Waals surface area contributed by atoms with Crippen molar-refractivity contribution in [1.82, 2.24) is 0 Å². The first kappa shape index (κ1) is 39.1. The van der Waals surface area contributed by atoms with Gasteiger partial charge in [0.2, 0.25) is 0 Å². The van der Waals surface area contributed by atoms with Gasteiger partial charge in [0.15, 0.2) is 0 Å². The first-order valence-electron chi connectivity index (χ1n) is 7.78. The van der Waals surface area contributed by atoms with Crippen molar-refractivity contribution in [3.05, 3.63) is 65.2 Å². The molecule has 2 rings (SSSR count). The Hall–Kier alpha value is -3.17. The van der Waals surface area contributed by atoms with E-state index in [1.165, 1.54) is 12.1 Å². The van der Waals surface area contributed by atoms with E-state index in [-0.39, 0.29) is 26.7 Å². The Morgan fingerprint density at radius 3 is 1.40 bits per heavy atom. The summed E-state index contributed by atoms with van der Waals surface area (Å²) < 4.78 is 103. The molecule has 0 spiro atoms. The molecule has 0 bridgehead atoms. The van der Waals surface area contributed by atoms with E-state index < -0.39 is 41.0 Å². The molecule has 35 heavy (non-hydrogen) atoms. The summed E-state index contributed by atoms with van der Waals surface area (Å²) in [6.07, 6.45) is -10.2. The lowest BCUT2D eigenvalue weighted by molar-refractivity contribution is -0.191. The first-order chi connectivity index (χ1) is 15.1. The van der Waals surface area contributed by atoms with Gasteiger partial charge in [-0.25, -0.2) is 10.1 Å². The predicted molar refractivity (Wildman–Crippen MR) is 111 cm³/mol. The molecule has 0 aliphatic carbocycles. The molecular formula is C19H22F7NO7S. The summed E-state index contributed by atoms with van der Waals surface area (Å²) in [4.78, 5) is 26.1. The van der Waals surface area contributed by atoms with Gasteiger partial charge >= 0.3 is 36.0 Å². The molecule has 8 nitrogen and oxygen atoms in total. The van der Waals surface area contributed by atoms with Gasteiger partial charge in [-0.3, -0.25) is 9.87 Å². The minimum atomic E-state index is -4.43. The molecule has 2 aromatic rings. The van der Waals surface area contributed by atoms with Crippen LogP contribution in [0, 0.1) is 6.92 Å². The van der Waals surface area contributed by atoms with E-state index in [4.69, 9.17) is 23.6 Å². The molecule has 1 unspecified atom stereocenters. The molecule has 0 saturated heterocycles. The monoisotopic (exact) mass is 541 g/mol. The fourth-order valence-corrected chi connectivity index (χ4v) is 1.60. The van der Waals surface area contributed by atoms with Crippen LogP contribution in [0.5, 0.6) is 0 Å². The van der Waals surface area contributed by atoms with E-state index in [0.717, 1.165) is 42.0 Å². The Labute approximate surface area is 198 Å². The SMILES string of the molecule is C.C.Cc1ccc(C(F)(F)F)cc1.O=C(F)Nc1ccc(C(F)(F)F)cc1.O=C=O.O=S(O)OO. The number of amides is 1. The number of nitrogens with one attached hydrogen (secondary N) is 1. The van der Waals surface area contributed by atoms with Crippen LogP contribution in [0.25, 0.3) is 0 Å². The van der Waals surface area contributed by atoms with Gasteiger partial charge in [0.1, 0.15) is 0 Å². The molecule has 16 heteroatoms. The average Bonchev–Trinajstić information content (AvgIpc) is 2.68. The highest BCUT2D eigenvalue weighted by molar-refractivity contribution is 7.74. The third kappa shape index (κ3) is 21.1. The van der Waals surface area contributed by atoms with Crippen molar-refractivity contribution < 1.29 is 63.5 Å². The van der Waals surface area contributed by atoms with Gasteiger partial charge in [-0.15, -0.1) is 8.72 Å². The third-order valence-corrected chi connectivity index (χ3v) is 3.03. The molecular weight excluding hydrogens is 519 g/mol. The number of alkyl halides is 6. The fourth-order valence-electron chi connectivity index (χ4n) is 1.60. The van der Waals surface area contributed by atoms with Gasteiger partial charge in [0.05, 0.1) is 11.1 Å². The highest BCUT2D eigenvalue weighted by Crippen LogP contribution is 2.30. The van der Waals surface area contributed by atoms with Crippen molar-refractivity contribution in [2.24, 2.45) is 0 Å². The zero-order chi connectivity index (χ0) is 26.2. The fraction of sp³-hybridized carbons (Fsp3) is 0.263. The molecule has 1 amide bonds. The van der Waals surface area contributed by atoms with Crippen LogP contribution in [0.15, 0.2) is 48.5 Å². The maximum absolute atomic E-state index is 12.0. The second kappa shape index (κ2) is 19.2. The number of anilines is 1. The van der Waals surface area contributed by atoms with Crippen molar-refractivity contribution in [3.63, 3.8) is 0 Å². The van der Waals surface area contributed by atoms with Crippen LogP contribution in [0.1, 0.15) is 31.5 Å². The van der Waals surface area contributed by atoms with Gasteiger partial charge < -0.3 is 0 Å². The van der Waals surface area contributed by atoms with E-state index in [2.05, 4.69) is 4.33 Å². The first-order valence-corrected chi connectivity index (χ1v) is 8.81. The topological polar surface area (TPSA) is 130 Å². The molecule has 0 aromatic heterocycles. The summed E-state index contributed by atoms with van der Waals surface area (Å²) in [5.41, 5.74) is -0.638. The summed E-state index contributed by atoms with van der Waals surface area (Å²) >= 11 is -2.52. The van der Waals surface area contributed by atoms with Gasteiger partial charge in [0, 0.05) is 5.69 Å². The van der Waals surface area contributed by atoms with E-state index in [1.54, 1.807) is 12.2 Å². The zero-order valence-corrected chi connectivity index (χ0v) is 16.9. The van der Waals surface area contributed by atoms with Crippen LogP contribution in [0.4, 0.5) is 41.2 Å². The Morgan fingerprint density at radius 2 is 1.17 bits per heavy atom. The van der Waals surface area contributed by atoms with Gasteiger partial charge in [0.25, 0.3) is 0 Å². The van der Waals surface area contributed by atoms with Crippen molar-refractivity contribution in [3.8, 4) is 0 Å². The summed E-state index contributed by atoms with van der Waals surface area (Å²) in [5, 5.41) is 8.80. The Balaban J connectivity index is -0.000000205. The second-order valence-electron chi connectivity index (χ2n) is 5.21. The number of halogens is 7. The summed E-state index contributed by atoms with van der Waals surface area (Å²) in [7, 11) is 0. The molecule has 3 N–H and O–H groups in total. The van der Waals surface area contributed by atoms with Crippen molar-refractivity contribution in [1.29, 1.82) is 0 Å². The molecule has 0 aliphatic heterocycles. The van der Waals surface area contributed by atoms with E-state index in [1.807, 2.05) is 0 Å². The summed E-state index contributed by atoms with van der Waals surface area (Å²) in [6.45, 7) is 1.75. The van der Waals surface area contributed by atoms with Gasteiger partial charge in [-0.1, -0.05) is 32.5 Å². The van der Waals surface area contributed by atoms with Gasteiger partial charge in [-0.05, 0) is 43.3 Å². The Morgan fingerprint density at radius 1 is 0.886 bits per heavy atom. The maximum atomic E-state index is 12.0. The van der Waals surface area contributed by atoms with Crippen LogP contribution in [-0.4, -0.2) is 26.3 Å². The van der Waals surface area contributed by atoms with Crippen LogP contribution in [0.3, 0.4) is 0 Å². The molecule has 1 atom stereocenters. The number of benzene rings is 2. The predicted octanol–water partition coefficient (Wildman–Crippen LogP) is 6.52. The lowest BCUT2D eigenvalue weighted by Gasteiger charge is -2.06. The molecule has 0 heterocycles. The van der Waals surface area contributed by atoms with Crippen LogP contribution in [-0.2, 0) is 37.6 Å². The minimum Gasteiger partial charge on any atom is -0.298 e. The largest absolute Gasteiger partial charge is 0.416 e. The number of hydrogen-bond donors (Lipinski definition) is 3. The smallest absolute Gasteiger partial charge is 0.298 e. The number of aryl methyl sites for hydroxylation is 1. The van der Waals surface area contributed by atoms with Crippen LogP contribution < -0.4 is 5.32 Å². The average molecular weight is 541 g/mol. The molecule has 0 fully saturated rings. The second-order valence-corrected chi connectivity index (χ2v) is 5.80. The van der Waals surface area contributed by atoms with E-state index >= 15 is 0 Å². The van der Waals surface area contributed by atoms with Gasteiger partial charge in [-0.2, -0.15) is 40.1 Å². The Bertz CT molecular complexity index is 898. The highest BCUT2D eigenvalue weighted by atomic mass is 32.2. The quantitative estimate of drug-likeness (QED) is 0.0985. The highest BCUT2D eigenvalue weighted by Gasteiger charge is 2.30. The molecule has 0 radical (unpaired) electrons. The lowest BCUT2D eigenvalue weighted by Crippen LogP contribution is -2.06. The molecule has 0 saturated carbocycles. The number of carbonyl (C=O) groups is 1. The third-order valence-electron chi connectivity index (χ3n) is 2.90. The summed E-state index contributed by atoms with van der Waals surface area (Å²) in [6, 6.07) is 8.51. The zero-order valence-electron chi connectivity index (χ0n) is 16.1. The Kier molecular flexibility index (Phi) is 21.4.